The number of benzene rings is 2. The number of fused-ring (bicyclic) bond motifs is 1. The maximum atomic E-state index is 13.3. The third kappa shape index (κ3) is 3.16. The Morgan fingerprint density at radius 2 is 1.60 bits per heavy atom. The van der Waals surface area contributed by atoms with Gasteiger partial charge in [0.15, 0.2) is 0 Å². The molecule has 0 bridgehead atoms. The number of nitrogens with zero attached hydrogens (tertiary/aromatic N) is 2. The molecule has 2 aromatic rings. The standard InChI is InChI=1S/C21H24N2O2/c1-4-19(24)23-18-13-9-8-12-17(18)22(21(25)20(23)15(2)3)14-16-10-6-5-7-11-16/h5-13,15,20H,4,14H2,1-3H3. The van der Waals surface area contributed by atoms with E-state index in [9.17, 15) is 9.59 Å². The summed E-state index contributed by atoms with van der Waals surface area (Å²) in [5, 5.41) is 0. The Labute approximate surface area is 149 Å². The molecular formula is C21H24N2O2. The average Bonchev–Trinajstić information content (AvgIpc) is 2.63. The van der Waals surface area contributed by atoms with Crippen molar-refractivity contribution in [3.63, 3.8) is 0 Å². The van der Waals surface area contributed by atoms with E-state index in [1.54, 1.807) is 4.90 Å². The summed E-state index contributed by atoms with van der Waals surface area (Å²) >= 11 is 0. The van der Waals surface area contributed by atoms with Gasteiger partial charge in [-0.05, 0) is 23.6 Å². The lowest BCUT2D eigenvalue weighted by Crippen LogP contribution is -2.57. The van der Waals surface area contributed by atoms with Gasteiger partial charge in [0.05, 0.1) is 17.9 Å². The van der Waals surface area contributed by atoms with Crippen LogP contribution in [0, 0.1) is 5.92 Å². The lowest BCUT2D eigenvalue weighted by atomic mass is 9.95. The molecule has 25 heavy (non-hydrogen) atoms. The molecule has 4 nitrogen and oxygen atoms in total. The minimum Gasteiger partial charge on any atom is -0.304 e. The van der Waals surface area contributed by atoms with Crippen LogP contribution in [0.3, 0.4) is 0 Å². The number of carbonyl (C=O) groups is 2. The molecule has 0 aromatic heterocycles. The van der Waals surface area contributed by atoms with Crippen LogP contribution in [0.1, 0.15) is 32.8 Å². The molecule has 0 spiro atoms. The molecule has 0 fully saturated rings. The molecule has 1 heterocycles. The zero-order valence-corrected chi connectivity index (χ0v) is 15.0. The van der Waals surface area contributed by atoms with Gasteiger partial charge in [0.25, 0.3) is 5.91 Å². The zero-order valence-electron chi connectivity index (χ0n) is 15.0. The van der Waals surface area contributed by atoms with Gasteiger partial charge in [-0.25, -0.2) is 0 Å². The Bertz CT molecular complexity index is 770. The van der Waals surface area contributed by atoms with Crippen molar-refractivity contribution >= 4 is 23.2 Å². The van der Waals surface area contributed by atoms with Crippen LogP contribution >= 0.6 is 0 Å². The summed E-state index contributed by atoms with van der Waals surface area (Å²) in [6, 6.07) is 17.2. The average molecular weight is 336 g/mol. The van der Waals surface area contributed by atoms with Crippen LogP contribution in [-0.2, 0) is 16.1 Å². The largest absolute Gasteiger partial charge is 0.304 e. The summed E-state index contributed by atoms with van der Waals surface area (Å²) in [4.78, 5) is 29.4. The molecular weight excluding hydrogens is 312 g/mol. The van der Waals surface area contributed by atoms with Crippen molar-refractivity contribution in [3.05, 3.63) is 60.2 Å². The van der Waals surface area contributed by atoms with E-state index in [4.69, 9.17) is 0 Å². The first-order valence-corrected chi connectivity index (χ1v) is 8.81. The van der Waals surface area contributed by atoms with Gasteiger partial charge in [-0.1, -0.05) is 63.2 Å². The number of amides is 2. The molecule has 1 aliphatic rings. The smallest absolute Gasteiger partial charge is 0.250 e. The summed E-state index contributed by atoms with van der Waals surface area (Å²) in [7, 11) is 0. The molecule has 3 rings (SSSR count). The maximum absolute atomic E-state index is 13.3. The van der Waals surface area contributed by atoms with Gasteiger partial charge in [0.1, 0.15) is 6.04 Å². The van der Waals surface area contributed by atoms with Gasteiger partial charge in [-0.15, -0.1) is 0 Å². The number of hydrogen-bond acceptors (Lipinski definition) is 2. The summed E-state index contributed by atoms with van der Waals surface area (Å²) in [6.45, 7) is 6.33. The highest BCUT2D eigenvalue weighted by molar-refractivity contribution is 6.13. The Hall–Kier alpha value is -2.62. The molecule has 1 unspecified atom stereocenters. The van der Waals surface area contributed by atoms with Crippen LogP contribution in [0.15, 0.2) is 54.6 Å². The first kappa shape index (κ1) is 17.2. The van der Waals surface area contributed by atoms with Crippen LogP contribution < -0.4 is 9.80 Å². The lowest BCUT2D eigenvalue weighted by molar-refractivity contribution is -0.126. The zero-order chi connectivity index (χ0) is 18.0. The number of hydrogen-bond donors (Lipinski definition) is 0. The molecule has 4 heteroatoms. The van der Waals surface area contributed by atoms with Crippen molar-refractivity contribution in [3.8, 4) is 0 Å². The molecule has 0 N–H and O–H groups in total. The minimum atomic E-state index is -0.467. The molecule has 1 aliphatic heterocycles. The van der Waals surface area contributed by atoms with Gasteiger partial charge in [0.2, 0.25) is 5.91 Å². The van der Waals surface area contributed by atoms with Gasteiger partial charge in [-0.3, -0.25) is 14.5 Å². The van der Waals surface area contributed by atoms with E-state index in [1.807, 2.05) is 80.3 Å². The first-order chi connectivity index (χ1) is 12.0. The SMILES string of the molecule is CCC(=O)N1c2ccccc2N(Cc2ccccc2)C(=O)C1C(C)C. The Balaban J connectivity index is 2.10. The molecule has 0 saturated carbocycles. The summed E-state index contributed by atoms with van der Waals surface area (Å²) < 4.78 is 0. The summed E-state index contributed by atoms with van der Waals surface area (Å²) in [5.41, 5.74) is 2.70. The fourth-order valence-corrected chi connectivity index (χ4v) is 3.41. The predicted molar refractivity (Wildman–Crippen MR) is 100 cm³/mol. The van der Waals surface area contributed by atoms with Crippen molar-refractivity contribution in [2.45, 2.75) is 39.8 Å². The van der Waals surface area contributed by atoms with Crippen molar-refractivity contribution < 1.29 is 9.59 Å². The third-order valence-corrected chi connectivity index (χ3v) is 4.62. The van der Waals surface area contributed by atoms with Crippen LogP contribution in [-0.4, -0.2) is 17.9 Å². The van der Waals surface area contributed by atoms with E-state index in [1.165, 1.54) is 0 Å². The Morgan fingerprint density at radius 3 is 2.20 bits per heavy atom. The second-order valence-electron chi connectivity index (χ2n) is 6.70. The Kier molecular flexibility index (Phi) is 4.88. The topological polar surface area (TPSA) is 40.6 Å². The second kappa shape index (κ2) is 7.09. The van der Waals surface area contributed by atoms with Crippen LogP contribution in [0.5, 0.6) is 0 Å². The molecule has 0 radical (unpaired) electrons. The molecule has 0 aliphatic carbocycles. The van der Waals surface area contributed by atoms with Crippen molar-refractivity contribution in [2.24, 2.45) is 5.92 Å². The monoisotopic (exact) mass is 336 g/mol. The number of para-hydroxylation sites is 2. The fraction of sp³-hybridized carbons (Fsp3) is 0.333. The van der Waals surface area contributed by atoms with Gasteiger partial charge >= 0.3 is 0 Å². The van der Waals surface area contributed by atoms with E-state index in [2.05, 4.69) is 0 Å². The lowest BCUT2D eigenvalue weighted by Gasteiger charge is -2.43. The minimum absolute atomic E-state index is 0.0145. The van der Waals surface area contributed by atoms with Crippen molar-refractivity contribution in [1.82, 2.24) is 0 Å². The molecule has 0 saturated heterocycles. The van der Waals surface area contributed by atoms with Gasteiger partial charge < -0.3 is 4.90 Å². The van der Waals surface area contributed by atoms with Crippen LogP contribution in [0.2, 0.25) is 0 Å². The normalized spacial score (nSPS) is 17.0. The highest BCUT2D eigenvalue weighted by Crippen LogP contribution is 2.39. The molecule has 130 valence electrons. The maximum Gasteiger partial charge on any atom is 0.250 e. The quantitative estimate of drug-likeness (QED) is 0.847. The van der Waals surface area contributed by atoms with E-state index < -0.39 is 6.04 Å². The van der Waals surface area contributed by atoms with E-state index in [-0.39, 0.29) is 17.7 Å². The number of carbonyl (C=O) groups excluding carboxylic acids is 2. The highest BCUT2D eigenvalue weighted by atomic mass is 16.2. The fourth-order valence-electron chi connectivity index (χ4n) is 3.41. The molecule has 2 aromatic carbocycles. The number of anilines is 2. The Morgan fingerprint density at radius 1 is 1.00 bits per heavy atom. The van der Waals surface area contributed by atoms with E-state index in [0.29, 0.717) is 13.0 Å². The predicted octanol–water partition coefficient (Wildman–Crippen LogP) is 4.00. The second-order valence-corrected chi connectivity index (χ2v) is 6.70. The van der Waals surface area contributed by atoms with Crippen LogP contribution in [0.25, 0.3) is 0 Å². The number of rotatable bonds is 4. The van der Waals surface area contributed by atoms with Crippen LogP contribution in [0.4, 0.5) is 11.4 Å². The van der Waals surface area contributed by atoms with Gasteiger partial charge in [0, 0.05) is 6.42 Å². The first-order valence-electron chi connectivity index (χ1n) is 8.81. The molecule has 1 atom stereocenters. The van der Waals surface area contributed by atoms with E-state index >= 15 is 0 Å². The van der Waals surface area contributed by atoms with Gasteiger partial charge in [-0.2, -0.15) is 0 Å². The third-order valence-electron chi connectivity index (χ3n) is 4.62. The summed E-state index contributed by atoms with van der Waals surface area (Å²) in [6.07, 6.45) is 0.378. The van der Waals surface area contributed by atoms with Crippen molar-refractivity contribution in [1.29, 1.82) is 0 Å². The van der Waals surface area contributed by atoms with Crippen molar-refractivity contribution in [2.75, 3.05) is 9.80 Å². The van der Waals surface area contributed by atoms with E-state index in [0.717, 1.165) is 16.9 Å². The highest BCUT2D eigenvalue weighted by Gasteiger charge is 2.42. The summed E-state index contributed by atoms with van der Waals surface area (Å²) in [5.74, 6) is 0.00726. The molecule has 2 amide bonds.